The van der Waals surface area contributed by atoms with Gasteiger partial charge in [-0.1, -0.05) is 36.4 Å². The van der Waals surface area contributed by atoms with Gasteiger partial charge >= 0.3 is 0 Å². The predicted octanol–water partition coefficient (Wildman–Crippen LogP) is 5.92. The van der Waals surface area contributed by atoms with Gasteiger partial charge < -0.3 is 14.7 Å². The SMILES string of the molecule is CN(C)CC1=C(c2cccc(O)c2)c2cc(Oc3ccccc3)ccc2CC1.Cl. The lowest BCUT2D eigenvalue weighted by molar-refractivity contribution is 0.439. The van der Waals surface area contributed by atoms with Crippen LogP contribution in [-0.4, -0.2) is 30.6 Å². The van der Waals surface area contributed by atoms with Gasteiger partial charge in [0.1, 0.15) is 17.2 Å². The molecule has 1 aliphatic rings. The van der Waals surface area contributed by atoms with Crippen LogP contribution < -0.4 is 4.74 Å². The summed E-state index contributed by atoms with van der Waals surface area (Å²) in [5, 5.41) is 10.1. The zero-order chi connectivity index (χ0) is 19.5. The number of likely N-dealkylation sites (N-methyl/N-ethyl adjacent to an activating group) is 1. The van der Waals surface area contributed by atoms with Gasteiger partial charge in [-0.15, -0.1) is 12.4 Å². The molecule has 0 fully saturated rings. The van der Waals surface area contributed by atoms with E-state index in [1.165, 1.54) is 22.3 Å². The molecule has 29 heavy (non-hydrogen) atoms. The van der Waals surface area contributed by atoms with Crippen molar-refractivity contribution in [1.29, 1.82) is 0 Å². The van der Waals surface area contributed by atoms with Crippen LogP contribution in [0.3, 0.4) is 0 Å². The van der Waals surface area contributed by atoms with Gasteiger partial charge in [-0.25, -0.2) is 0 Å². The van der Waals surface area contributed by atoms with Crippen molar-refractivity contribution in [3.8, 4) is 17.2 Å². The first-order chi connectivity index (χ1) is 13.6. The summed E-state index contributed by atoms with van der Waals surface area (Å²) in [4.78, 5) is 2.20. The Hall–Kier alpha value is -2.75. The highest BCUT2D eigenvalue weighted by Gasteiger charge is 2.22. The number of aromatic hydroxyl groups is 1. The number of para-hydroxylation sites is 1. The number of ether oxygens (including phenoxy) is 1. The zero-order valence-corrected chi connectivity index (χ0v) is 17.6. The molecule has 150 valence electrons. The molecule has 1 N–H and O–H groups in total. The minimum atomic E-state index is 0. The average Bonchev–Trinajstić information content (AvgIpc) is 2.68. The van der Waals surface area contributed by atoms with Crippen LogP contribution in [0.5, 0.6) is 17.2 Å². The molecule has 3 aromatic carbocycles. The maximum absolute atomic E-state index is 10.1. The van der Waals surface area contributed by atoms with Crippen LogP contribution in [0.2, 0.25) is 0 Å². The molecule has 0 radical (unpaired) electrons. The second-order valence-electron chi connectivity index (χ2n) is 7.50. The summed E-state index contributed by atoms with van der Waals surface area (Å²) in [7, 11) is 4.19. The summed E-state index contributed by atoms with van der Waals surface area (Å²) in [6.45, 7) is 0.897. The molecule has 0 bridgehead atoms. The number of nitrogens with zero attached hydrogens (tertiary/aromatic N) is 1. The van der Waals surface area contributed by atoms with E-state index in [-0.39, 0.29) is 18.2 Å². The molecule has 0 saturated carbocycles. The van der Waals surface area contributed by atoms with Crippen LogP contribution in [-0.2, 0) is 6.42 Å². The summed E-state index contributed by atoms with van der Waals surface area (Å²) in [6, 6.07) is 23.7. The zero-order valence-electron chi connectivity index (χ0n) is 16.8. The molecule has 0 saturated heterocycles. The minimum Gasteiger partial charge on any atom is -0.508 e. The molecule has 0 amide bonds. The first-order valence-corrected chi connectivity index (χ1v) is 9.62. The second-order valence-corrected chi connectivity index (χ2v) is 7.50. The molecule has 0 aromatic heterocycles. The topological polar surface area (TPSA) is 32.7 Å². The summed E-state index contributed by atoms with van der Waals surface area (Å²) >= 11 is 0. The number of benzene rings is 3. The third-order valence-corrected chi connectivity index (χ3v) is 5.02. The van der Waals surface area contributed by atoms with Gasteiger partial charge in [0, 0.05) is 6.54 Å². The van der Waals surface area contributed by atoms with Crippen LogP contribution >= 0.6 is 12.4 Å². The molecule has 0 spiro atoms. The highest BCUT2D eigenvalue weighted by molar-refractivity contribution is 5.86. The quantitative estimate of drug-likeness (QED) is 0.570. The van der Waals surface area contributed by atoms with Crippen LogP contribution in [0.4, 0.5) is 0 Å². The number of fused-ring (bicyclic) bond motifs is 1. The second kappa shape index (κ2) is 9.17. The molecule has 0 heterocycles. The van der Waals surface area contributed by atoms with Gasteiger partial charge in [0.15, 0.2) is 0 Å². The fourth-order valence-electron chi connectivity index (χ4n) is 3.86. The lowest BCUT2D eigenvalue weighted by atomic mass is 9.82. The molecular formula is C25H26ClNO2. The highest BCUT2D eigenvalue weighted by atomic mass is 35.5. The standard InChI is InChI=1S/C25H25NO2.ClH/c1-26(2)17-20-12-11-18-13-14-23(28-22-9-4-3-5-10-22)16-24(18)25(20)19-7-6-8-21(27)15-19;/h3-10,13-16,27H,11-12,17H2,1-2H3;1H. The normalized spacial score (nSPS) is 13.1. The minimum absolute atomic E-state index is 0. The van der Waals surface area contributed by atoms with E-state index >= 15 is 0 Å². The average molecular weight is 408 g/mol. The molecule has 0 unspecified atom stereocenters. The fourth-order valence-corrected chi connectivity index (χ4v) is 3.86. The monoisotopic (exact) mass is 407 g/mol. The van der Waals surface area contributed by atoms with Gasteiger partial charge in [0.25, 0.3) is 0 Å². The van der Waals surface area contributed by atoms with E-state index in [9.17, 15) is 5.11 Å². The summed E-state index contributed by atoms with van der Waals surface area (Å²) in [5.41, 5.74) is 6.17. The lowest BCUT2D eigenvalue weighted by Gasteiger charge is -2.26. The smallest absolute Gasteiger partial charge is 0.128 e. The van der Waals surface area contributed by atoms with Gasteiger partial charge in [-0.05, 0) is 91.2 Å². The van der Waals surface area contributed by atoms with E-state index in [0.717, 1.165) is 36.4 Å². The van der Waals surface area contributed by atoms with E-state index in [4.69, 9.17) is 4.74 Å². The fraction of sp³-hybridized carbons (Fsp3) is 0.200. The molecule has 0 aliphatic heterocycles. The van der Waals surface area contributed by atoms with Crippen molar-refractivity contribution in [1.82, 2.24) is 4.90 Å². The number of phenolic OH excluding ortho intramolecular Hbond substituents is 1. The van der Waals surface area contributed by atoms with Crippen LogP contribution in [0.25, 0.3) is 5.57 Å². The first kappa shape index (κ1) is 21.0. The Morgan fingerprint density at radius 3 is 2.38 bits per heavy atom. The summed E-state index contributed by atoms with van der Waals surface area (Å²) < 4.78 is 6.09. The van der Waals surface area contributed by atoms with E-state index < -0.39 is 0 Å². The number of phenols is 1. The maximum Gasteiger partial charge on any atom is 0.128 e. The van der Waals surface area contributed by atoms with E-state index in [1.807, 2.05) is 48.5 Å². The number of halogens is 1. The Kier molecular flexibility index (Phi) is 6.63. The van der Waals surface area contributed by atoms with Gasteiger partial charge in [-0.2, -0.15) is 0 Å². The third kappa shape index (κ3) is 4.81. The number of hydrogen-bond acceptors (Lipinski definition) is 3. The molecule has 4 heteroatoms. The van der Waals surface area contributed by atoms with Crippen molar-refractivity contribution in [2.24, 2.45) is 0 Å². The van der Waals surface area contributed by atoms with Gasteiger partial charge in [-0.3, -0.25) is 0 Å². The van der Waals surface area contributed by atoms with Crippen molar-refractivity contribution < 1.29 is 9.84 Å². The molecule has 1 aliphatic carbocycles. The van der Waals surface area contributed by atoms with Gasteiger partial charge in [0.05, 0.1) is 0 Å². The Labute approximate surface area is 178 Å². The lowest BCUT2D eigenvalue weighted by Crippen LogP contribution is -2.19. The Bertz CT molecular complexity index is 1010. The van der Waals surface area contributed by atoms with Gasteiger partial charge in [0.2, 0.25) is 0 Å². The van der Waals surface area contributed by atoms with E-state index in [1.54, 1.807) is 6.07 Å². The Balaban J connectivity index is 0.00000240. The first-order valence-electron chi connectivity index (χ1n) is 9.62. The van der Waals surface area contributed by atoms with E-state index in [2.05, 4.69) is 37.2 Å². The van der Waals surface area contributed by atoms with Crippen molar-refractivity contribution in [3.63, 3.8) is 0 Å². The summed E-state index contributed by atoms with van der Waals surface area (Å²) in [5.74, 6) is 1.95. The van der Waals surface area contributed by atoms with Crippen molar-refractivity contribution in [2.75, 3.05) is 20.6 Å². The largest absolute Gasteiger partial charge is 0.508 e. The van der Waals surface area contributed by atoms with Crippen molar-refractivity contribution in [3.05, 3.63) is 95.1 Å². The van der Waals surface area contributed by atoms with Crippen molar-refractivity contribution >= 4 is 18.0 Å². The molecule has 4 rings (SSSR count). The number of rotatable bonds is 5. The molecular weight excluding hydrogens is 382 g/mol. The van der Waals surface area contributed by atoms with Crippen LogP contribution in [0.1, 0.15) is 23.1 Å². The molecule has 3 nitrogen and oxygen atoms in total. The van der Waals surface area contributed by atoms with Crippen molar-refractivity contribution in [2.45, 2.75) is 12.8 Å². The van der Waals surface area contributed by atoms with Crippen LogP contribution in [0, 0.1) is 0 Å². The third-order valence-electron chi connectivity index (χ3n) is 5.02. The summed E-state index contributed by atoms with van der Waals surface area (Å²) in [6.07, 6.45) is 2.04. The number of hydrogen-bond donors (Lipinski definition) is 1. The van der Waals surface area contributed by atoms with Crippen LogP contribution in [0.15, 0.2) is 78.4 Å². The Morgan fingerprint density at radius 2 is 1.66 bits per heavy atom. The molecule has 3 aromatic rings. The number of aryl methyl sites for hydroxylation is 1. The predicted molar refractivity (Wildman–Crippen MR) is 121 cm³/mol. The Morgan fingerprint density at radius 1 is 0.862 bits per heavy atom. The van der Waals surface area contributed by atoms with E-state index in [0.29, 0.717) is 0 Å². The maximum atomic E-state index is 10.1. The molecule has 0 atom stereocenters. The highest BCUT2D eigenvalue weighted by Crippen LogP contribution is 2.39.